The van der Waals surface area contributed by atoms with Crippen molar-refractivity contribution >= 4 is 22.6 Å². The fourth-order valence-electron chi connectivity index (χ4n) is 3.78. The number of fused-ring (bicyclic) bond motifs is 1. The van der Waals surface area contributed by atoms with Crippen LogP contribution in [0.5, 0.6) is 5.75 Å². The molecule has 0 unspecified atom stereocenters. The lowest BCUT2D eigenvalue weighted by atomic mass is 10.1. The number of para-hydroxylation sites is 1. The smallest absolute Gasteiger partial charge is 0.259 e. The molecule has 0 saturated heterocycles. The Balaban J connectivity index is 1.37. The van der Waals surface area contributed by atoms with Crippen LogP contribution in [0.2, 0.25) is 0 Å². The highest BCUT2D eigenvalue weighted by Gasteiger charge is 2.16. The number of nitrogens with zero attached hydrogens (tertiary/aromatic N) is 2. The van der Waals surface area contributed by atoms with E-state index >= 15 is 0 Å². The zero-order chi connectivity index (χ0) is 23.7. The molecule has 0 aliphatic heterocycles. The van der Waals surface area contributed by atoms with Crippen LogP contribution in [0.25, 0.3) is 28.0 Å². The van der Waals surface area contributed by atoms with Gasteiger partial charge in [0.05, 0.1) is 35.6 Å². The number of carbonyl (C=O) groups excluding carboxylic acids is 1. The fraction of sp³-hybridized carbons (Fsp3) is 0.0741. The van der Waals surface area contributed by atoms with Crippen molar-refractivity contribution in [1.29, 1.82) is 0 Å². The summed E-state index contributed by atoms with van der Waals surface area (Å²) in [5.41, 5.74) is 3.79. The average Bonchev–Trinajstić information content (AvgIpc) is 3.26. The van der Waals surface area contributed by atoms with Crippen molar-refractivity contribution in [3.8, 4) is 22.8 Å². The summed E-state index contributed by atoms with van der Waals surface area (Å²) in [5, 5.41) is 7.71. The maximum atomic E-state index is 12.8. The molecule has 0 atom stereocenters. The zero-order valence-electron chi connectivity index (χ0n) is 18.6. The molecule has 0 radical (unpaired) electrons. The minimum absolute atomic E-state index is 0.154. The summed E-state index contributed by atoms with van der Waals surface area (Å²) in [4.78, 5) is 25.4. The second kappa shape index (κ2) is 8.71. The van der Waals surface area contributed by atoms with Gasteiger partial charge in [0, 0.05) is 17.3 Å². The van der Waals surface area contributed by atoms with Crippen molar-refractivity contribution in [3.05, 3.63) is 107 Å². The highest BCUT2D eigenvalue weighted by atomic mass is 16.5. The molecule has 2 aromatic heterocycles. The Morgan fingerprint density at radius 1 is 1.00 bits per heavy atom. The lowest BCUT2D eigenvalue weighted by Gasteiger charge is -2.08. The molecule has 0 saturated carbocycles. The topological polar surface area (TPSA) is 86.4 Å². The molecule has 0 aliphatic rings. The van der Waals surface area contributed by atoms with Gasteiger partial charge in [-0.25, -0.2) is 4.68 Å². The van der Waals surface area contributed by atoms with Gasteiger partial charge in [-0.15, -0.1) is 0 Å². The molecule has 5 rings (SSSR count). The number of anilines is 1. The minimum Gasteiger partial charge on any atom is -0.497 e. The van der Waals surface area contributed by atoms with E-state index in [2.05, 4.69) is 10.4 Å². The first-order chi connectivity index (χ1) is 16.5. The number of carbonyl (C=O) groups is 1. The van der Waals surface area contributed by atoms with E-state index in [1.54, 1.807) is 60.5 Å². The molecule has 168 valence electrons. The van der Waals surface area contributed by atoms with Gasteiger partial charge in [0.2, 0.25) is 0 Å². The highest BCUT2D eigenvalue weighted by molar-refractivity contribution is 6.05. The first kappa shape index (κ1) is 21.2. The molecule has 0 spiro atoms. The van der Waals surface area contributed by atoms with Crippen LogP contribution in [0, 0.1) is 6.92 Å². The van der Waals surface area contributed by atoms with Gasteiger partial charge >= 0.3 is 0 Å². The minimum atomic E-state index is -0.251. The number of rotatable bonds is 5. The van der Waals surface area contributed by atoms with Crippen LogP contribution in [0.3, 0.4) is 0 Å². The van der Waals surface area contributed by atoms with Crippen LogP contribution >= 0.6 is 0 Å². The van der Waals surface area contributed by atoms with Crippen molar-refractivity contribution in [2.75, 3.05) is 12.4 Å². The molecule has 0 aliphatic carbocycles. The third kappa shape index (κ3) is 3.95. The van der Waals surface area contributed by atoms with Gasteiger partial charge < -0.3 is 14.5 Å². The van der Waals surface area contributed by atoms with E-state index in [0.717, 1.165) is 16.9 Å². The molecule has 5 aromatic rings. The predicted octanol–water partition coefficient (Wildman–Crippen LogP) is 5.22. The molecular weight excluding hydrogens is 430 g/mol. The van der Waals surface area contributed by atoms with Crippen molar-refractivity contribution < 1.29 is 13.9 Å². The summed E-state index contributed by atoms with van der Waals surface area (Å²) in [6.45, 7) is 1.86. The van der Waals surface area contributed by atoms with Gasteiger partial charge in [0.1, 0.15) is 17.1 Å². The first-order valence-corrected chi connectivity index (χ1v) is 10.7. The quantitative estimate of drug-likeness (QED) is 0.396. The molecule has 7 heteroatoms. The molecule has 0 fully saturated rings. The number of amides is 1. The molecular formula is C27H21N3O4. The Bertz CT molecular complexity index is 1550. The Morgan fingerprint density at radius 2 is 1.76 bits per heavy atom. The maximum absolute atomic E-state index is 12.8. The molecule has 1 N–H and O–H groups in total. The van der Waals surface area contributed by atoms with Crippen LogP contribution in [0.15, 0.2) is 94.3 Å². The third-order valence-corrected chi connectivity index (χ3v) is 5.62. The molecule has 34 heavy (non-hydrogen) atoms. The van der Waals surface area contributed by atoms with Gasteiger partial charge in [-0.3, -0.25) is 9.59 Å². The van der Waals surface area contributed by atoms with E-state index in [9.17, 15) is 9.59 Å². The molecule has 1 amide bonds. The summed E-state index contributed by atoms with van der Waals surface area (Å²) >= 11 is 0. The van der Waals surface area contributed by atoms with Gasteiger partial charge in [0.25, 0.3) is 5.91 Å². The van der Waals surface area contributed by atoms with Crippen molar-refractivity contribution in [3.63, 3.8) is 0 Å². The van der Waals surface area contributed by atoms with Crippen LogP contribution in [-0.4, -0.2) is 22.8 Å². The molecule has 0 bridgehead atoms. The van der Waals surface area contributed by atoms with Gasteiger partial charge in [-0.1, -0.05) is 18.2 Å². The second-order valence-corrected chi connectivity index (χ2v) is 7.76. The zero-order valence-corrected chi connectivity index (χ0v) is 18.6. The van der Waals surface area contributed by atoms with Crippen LogP contribution in [0.1, 0.15) is 16.1 Å². The molecule has 2 heterocycles. The fourth-order valence-corrected chi connectivity index (χ4v) is 3.78. The van der Waals surface area contributed by atoms with E-state index in [-0.39, 0.29) is 11.3 Å². The largest absolute Gasteiger partial charge is 0.497 e. The lowest BCUT2D eigenvalue weighted by molar-refractivity contribution is 0.102. The van der Waals surface area contributed by atoms with Crippen LogP contribution in [0.4, 0.5) is 5.69 Å². The number of methoxy groups -OCH3 is 1. The Labute approximate surface area is 195 Å². The number of hydrogen-bond donors (Lipinski definition) is 1. The van der Waals surface area contributed by atoms with Crippen molar-refractivity contribution in [1.82, 2.24) is 9.78 Å². The highest BCUT2D eigenvalue weighted by Crippen LogP contribution is 2.26. The second-order valence-electron chi connectivity index (χ2n) is 7.76. The van der Waals surface area contributed by atoms with Gasteiger partial charge in [-0.05, 0) is 61.5 Å². The lowest BCUT2D eigenvalue weighted by Crippen LogP contribution is -2.13. The Morgan fingerprint density at radius 3 is 2.50 bits per heavy atom. The predicted molar refractivity (Wildman–Crippen MR) is 131 cm³/mol. The number of benzene rings is 3. The van der Waals surface area contributed by atoms with E-state index in [4.69, 9.17) is 9.15 Å². The van der Waals surface area contributed by atoms with E-state index in [0.29, 0.717) is 33.7 Å². The van der Waals surface area contributed by atoms with Gasteiger partial charge in [0.15, 0.2) is 5.43 Å². The Kier molecular flexibility index (Phi) is 5.43. The van der Waals surface area contributed by atoms with E-state index < -0.39 is 0 Å². The number of ether oxygens (including phenoxy) is 1. The monoisotopic (exact) mass is 451 g/mol. The number of hydrogen-bond acceptors (Lipinski definition) is 5. The molecule has 7 nitrogen and oxygen atoms in total. The van der Waals surface area contributed by atoms with E-state index in [1.165, 1.54) is 6.07 Å². The van der Waals surface area contributed by atoms with Gasteiger partial charge in [-0.2, -0.15) is 5.10 Å². The van der Waals surface area contributed by atoms with E-state index in [1.807, 2.05) is 37.3 Å². The number of aromatic nitrogens is 2. The van der Waals surface area contributed by atoms with Crippen LogP contribution in [-0.2, 0) is 0 Å². The summed E-state index contributed by atoms with van der Waals surface area (Å²) in [6.07, 6.45) is 1.56. The summed E-state index contributed by atoms with van der Waals surface area (Å²) in [7, 11) is 1.55. The third-order valence-electron chi connectivity index (χ3n) is 5.62. The van der Waals surface area contributed by atoms with Crippen LogP contribution < -0.4 is 15.5 Å². The summed E-state index contributed by atoms with van der Waals surface area (Å²) in [5.74, 6) is 0.788. The SMILES string of the molecule is COc1ccc2oc(-c3ccc(NC(=O)c4cnn(-c5ccccc5)c4C)cc3)cc(=O)c2c1. The van der Waals surface area contributed by atoms with Crippen molar-refractivity contribution in [2.24, 2.45) is 0 Å². The van der Waals surface area contributed by atoms with Crippen molar-refractivity contribution in [2.45, 2.75) is 6.92 Å². The average molecular weight is 451 g/mol. The summed E-state index contributed by atoms with van der Waals surface area (Å²) < 4.78 is 12.8. The standard InChI is InChI=1S/C27H21N3O4/c1-17-23(16-28-30(17)20-6-4-3-5-7-20)27(32)29-19-10-8-18(9-11-19)26-15-24(31)22-14-21(33-2)12-13-25(22)34-26/h3-16H,1-2H3,(H,29,32). The Hall–Kier alpha value is -4.65. The summed E-state index contributed by atoms with van der Waals surface area (Å²) in [6, 6.07) is 23.3. The normalized spacial score (nSPS) is 10.9. The number of nitrogens with one attached hydrogen (secondary N) is 1. The first-order valence-electron chi connectivity index (χ1n) is 10.7. The molecule has 3 aromatic carbocycles. The maximum Gasteiger partial charge on any atom is 0.259 e.